The molecule has 1 saturated heterocycles. The average molecular weight is 324 g/mol. The highest BCUT2D eigenvalue weighted by Crippen LogP contribution is 2.31. The van der Waals surface area contributed by atoms with Gasteiger partial charge in [0.2, 0.25) is 0 Å². The van der Waals surface area contributed by atoms with Crippen LogP contribution in [0, 0.1) is 0 Å². The Balaban J connectivity index is 2.20. The number of nitrogens with zero attached hydrogens (tertiary/aromatic N) is 2. The maximum Gasteiger partial charge on any atom is 0.107 e. The third-order valence-electron chi connectivity index (χ3n) is 3.80. The van der Waals surface area contributed by atoms with E-state index in [2.05, 4.69) is 41.8 Å². The topological polar surface area (TPSA) is 32.5 Å². The first kappa shape index (κ1) is 16.6. The Kier molecular flexibility index (Phi) is 6.33. The van der Waals surface area contributed by atoms with Gasteiger partial charge in [-0.15, -0.1) is 11.8 Å². The molecule has 1 aliphatic heterocycles. The first-order valence-corrected chi connectivity index (χ1v) is 9.09. The molecule has 21 heavy (non-hydrogen) atoms. The third kappa shape index (κ3) is 4.11. The van der Waals surface area contributed by atoms with Crippen LogP contribution in [0.5, 0.6) is 0 Å². The molecule has 0 amide bonds. The minimum absolute atomic E-state index is 0.512. The van der Waals surface area contributed by atoms with Crippen molar-refractivity contribution in [2.45, 2.75) is 25.2 Å². The molecule has 5 heteroatoms. The van der Waals surface area contributed by atoms with E-state index >= 15 is 0 Å². The summed E-state index contributed by atoms with van der Waals surface area (Å²) in [5, 5.41) is 0. The Morgan fingerprint density at radius 2 is 1.95 bits per heavy atom. The van der Waals surface area contributed by atoms with Crippen molar-refractivity contribution < 1.29 is 0 Å². The number of nitrogens with two attached hydrogens (primary N) is 1. The van der Waals surface area contributed by atoms with Gasteiger partial charge in [0.1, 0.15) is 4.99 Å². The van der Waals surface area contributed by atoms with Gasteiger partial charge in [0, 0.05) is 42.3 Å². The SMILES string of the molecule is CCCN1CCN(c2cccc(SCC)c2C(N)=S)CC1. The fourth-order valence-corrected chi connectivity index (χ4v) is 3.96. The van der Waals surface area contributed by atoms with Gasteiger partial charge in [-0.05, 0) is 30.9 Å². The smallest absolute Gasteiger partial charge is 0.107 e. The first-order valence-electron chi connectivity index (χ1n) is 7.70. The minimum Gasteiger partial charge on any atom is -0.389 e. The molecule has 1 aliphatic rings. The summed E-state index contributed by atoms with van der Waals surface area (Å²) in [7, 11) is 0. The monoisotopic (exact) mass is 323 g/mol. The summed E-state index contributed by atoms with van der Waals surface area (Å²) >= 11 is 7.13. The van der Waals surface area contributed by atoms with Crippen molar-refractivity contribution in [1.29, 1.82) is 0 Å². The molecule has 0 unspecified atom stereocenters. The van der Waals surface area contributed by atoms with Crippen LogP contribution in [0.4, 0.5) is 5.69 Å². The lowest BCUT2D eigenvalue weighted by Crippen LogP contribution is -2.47. The number of hydrogen-bond donors (Lipinski definition) is 1. The Hall–Kier alpha value is -0.780. The average Bonchev–Trinajstić information content (AvgIpc) is 2.48. The van der Waals surface area contributed by atoms with Gasteiger partial charge in [-0.3, -0.25) is 4.90 Å². The Bertz CT molecular complexity index is 482. The molecular formula is C16H25N3S2. The van der Waals surface area contributed by atoms with E-state index < -0.39 is 0 Å². The number of rotatable bonds is 6. The van der Waals surface area contributed by atoms with Gasteiger partial charge in [0.25, 0.3) is 0 Å². The second-order valence-corrected chi connectivity index (χ2v) is 7.02. The molecule has 0 radical (unpaired) electrons. The number of hydrogen-bond acceptors (Lipinski definition) is 4. The standard InChI is InChI=1S/C16H25N3S2/c1-3-8-18-9-11-19(12-10-18)13-6-5-7-14(21-4-2)15(13)16(17)20/h5-7H,3-4,8-12H2,1-2H3,(H2,17,20). The van der Waals surface area contributed by atoms with Crippen LogP contribution in [-0.2, 0) is 0 Å². The zero-order chi connectivity index (χ0) is 15.2. The van der Waals surface area contributed by atoms with Gasteiger partial charge >= 0.3 is 0 Å². The molecule has 3 nitrogen and oxygen atoms in total. The molecule has 0 atom stereocenters. The van der Waals surface area contributed by atoms with E-state index in [-0.39, 0.29) is 0 Å². The number of benzene rings is 1. The third-order valence-corrected chi connectivity index (χ3v) is 4.95. The van der Waals surface area contributed by atoms with Crippen molar-refractivity contribution in [2.75, 3.05) is 43.4 Å². The van der Waals surface area contributed by atoms with Gasteiger partial charge in [0.05, 0.1) is 0 Å². The highest BCUT2D eigenvalue weighted by molar-refractivity contribution is 7.99. The predicted molar refractivity (Wildman–Crippen MR) is 97.7 cm³/mol. The second kappa shape index (κ2) is 8.01. The zero-order valence-electron chi connectivity index (χ0n) is 13.0. The molecule has 0 saturated carbocycles. The van der Waals surface area contributed by atoms with Crippen molar-refractivity contribution in [3.05, 3.63) is 23.8 Å². The molecule has 0 spiro atoms. The van der Waals surface area contributed by atoms with Crippen LogP contribution in [-0.4, -0.2) is 48.4 Å². The fourth-order valence-electron chi connectivity index (χ4n) is 2.84. The molecule has 1 aromatic rings. The molecule has 1 fully saturated rings. The summed E-state index contributed by atoms with van der Waals surface area (Å²) in [6, 6.07) is 6.40. The number of piperazine rings is 1. The summed E-state index contributed by atoms with van der Waals surface area (Å²) in [6.07, 6.45) is 1.22. The number of thiocarbonyl (C=S) groups is 1. The van der Waals surface area contributed by atoms with Crippen molar-refractivity contribution in [3.8, 4) is 0 Å². The van der Waals surface area contributed by atoms with Gasteiger partial charge in [-0.2, -0.15) is 0 Å². The Labute approximate surface area is 137 Å². The molecular weight excluding hydrogens is 298 g/mol. The molecule has 1 aromatic carbocycles. The lowest BCUT2D eigenvalue weighted by atomic mass is 10.1. The molecule has 1 heterocycles. The van der Waals surface area contributed by atoms with E-state index in [4.69, 9.17) is 18.0 Å². The van der Waals surface area contributed by atoms with Crippen LogP contribution >= 0.6 is 24.0 Å². The van der Waals surface area contributed by atoms with Crippen LogP contribution in [0.1, 0.15) is 25.8 Å². The van der Waals surface area contributed by atoms with Crippen molar-refractivity contribution in [2.24, 2.45) is 5.73 Å². The molecule has 0 bridgehead atoms. The second-order valence-electron chi connectivity index (χ2n) is 5.28. The van der Waals surface area contributed by atoms with E-state index in [1.54, 1.807) is 0 Å². The minimum atomic E-state index is 0.512. The lowest BCUT2D eigenvalue weighted by molar-refractivity contribution is 0.258. The van der Waals surface area contributed by atoms with E-state index in [9.17, 15) is 0 Å². The van der Waals surface area contributed by atoms with Gasteiger partial charge in [-0.1, -0.05) is 32.1 Å². The first-order chi connectivity index (χ1) is 10.2. The van der Waals surface area contributed by atoms with E-state index in [0.717, 1.165) is 37.5 Å². The maximum absolute atomic E-state index is 6.01. The van der Waals surface area contributed by atoms with E-state index in [1.807, 2.05) is 11.8 Å². The van der Waals surface area contributed by atoms with Crippen molar-refractivity contribution >= 4 is 34.7 Å². The summed E-state index contributed by atoms with van der Waals surface area (Å²) in [4.78, 5) is 6.68. The summed E-state index contributed by atoms with van der Waals surface area (Å²) in [6.45, 7) is 9.94. The van der Waals surface area contributed by atoms with E-state index in [1.165, 1.54) is 23.5 Å². The zero-order valence-corrected chi connectivity index (χ0v) is 14.6. The number of thioether (sulfide) groups is 1. The van der Waals surface area contributed by atoms with Crippen LogP contribution in [0.3, 0.4) is 0 Å². The highest BCUT2D eigenvalue weighted by atomic mass is 32.2. The van der Waals surface area contributed by atoms with Gasteiger partial charge in [0.15, 0.2) is 0 Å². The van der Waals surface area contributed by atoms with Crippen LogP contribution in [0.25, 0.3) is 0 Å². The molecule has 116 valence electrons. The molecule has 2 rings (SSSR count). The summed E-state index contributed by atoms with van der Waals surface area (Å²) < 4.78 is 0. The summed E-state index contributed by atoms with van der Waals surface area (Å²) in [5.41, 5.74) is 8.27. The number of anilines is 1. The molecule has 2 N–H and O–H groups in total. The highest BCUT2D eigenvalue weighted by Gasteiger charge is 2.21. The molecule has 0 aliphatic carbocycles. The quantitative estimate of drug-likeness (QED) is 0.643. The Morgan fingerprint density at radius 1 is 1.24 bits per heavy atom. The fraction of sp³-hybridized carbons (Fsp3) is 0.562. The summed E-state index contributed by atoms with van der Waals surface area (Å²) in [5.74, 6) is 1.03. The van der Waals surface area contributed by atoms with Crippen LogP contribution in [0.2, 0.25) is 0 Å². The van der Waals surface area contributed by atoms with Gasteiger partial charge in [-0.25, -0.2) is 0 Å². The largest absolute Gasteiger partial charge is 0.389 e. The molecule has 0 aromatic heterocycles. The lowest BCUT2D eigenvalue weighted by Gasteiger charge is -2.37. The Morgan fingerprint density at radius 3 is 2.52 bits per heavy atom. The van der Waals surface area contributed by atoms with Crippen LogP contribution < -0.4 is 10.6 Å². The normalized spacial score (nSPS) is 16.2. The van der Waals surface area contributed by atoms with Gasteiger partial charge < -0.3 is 10.6 Å². The van der Waals surface area contributed by atoms with E-state index in [0.29, 0.717) is 4.99 Å². The predicted octanol–water partition coefficient (Wildman–Crippen LogP) is 2.96. The van der Waals surface area contributed by atoms with Crippen molar-refractivity contribution in [3.63, 3.8) is 0 Å². The maximum atomic E-state index is 6.01. The van der Waals surface area contributed by atoms with Crippen molar-refractivity contribution in [1.82, 2.24) is 4.90 Å². The van der Waals surface area contributed by atoms with Crippen LogP contribution in [0.15, 0.2) is 23.1 Å².